The van der Waals surface area contributed by atoms with E-state index in [2.05, 4.69) is 0 Å². The summed E-state index contributed by atoms with van der Waals surface area (Å²) in [5.74, 6) is -0.427. The molecule has 5 rings (SSSR count). The maximum atomic E-state index is 11.7. The SMILES string of the molecule is N[C@H]1CC2(OC1=O)[C@@H]1O[C@@H]1C(O)(COCc1ccccc1)[C@@H]1O[C@@H]12. The number of rotatable bonds is 4. The van der Waals surface area contributed by atoms with Gasteiger partial charge in [-0.1, -0.05) is 30.3 Å². The molecule has 3 heterocycles. The molecule has 7 heteroatoms. The molecular formula is C17H19NO6. The molecule has 0 aromatic heterocycles. The summed E-state index contributed by atoms with van der Waals surface area (Å²) < 4.78 is 22.6. The Bertz CT molecular complexity index is 661. The Balaban J connectivity index is 1.28. The number of carbonyl (C=O) groups is 1. The van der Waals surface area contributed by atoms with Crippen LogP contribution >= 0.6 is 0 Å². The van der Waals surface area contributed by atoms with Gasteiger partial charge in [0.2, 0.25) is 0 Å². The third kappa shape index (κ3) is 1.93. The van der Waals surface area contributed by atoms with Crippen molar-refractivity contribution in [3.8, 4) is 0 Å². The minimum absolute atomic E-state index is 0.111. The number of aliphatic hydroxyl groups is 1. The highest BCUT2D eigenvalue weighted by Gasteiger charge is 2.84. The highest BCUT2D eigenvalue weighted by atomic mass is 16.7. The van der Waals surface area contributed by atoms with Gasteiger partial charge < -0.3 is 29.8 Å². The van der Waals surface area contributed by atoms with Crippen LogP contribution in [0.25, 0.3) is 0 Å². The molecule has 24 heavy (non-hydrogen) atoms. The Labute approximate surface area is 138 Å². The topological polar surface area (TPSA) is 107 Å². The molecule has 1 saturated carbocycles. The van der Waals surface area contributed by atoms with Crippen molar-refractivity contribution in [2.75, 3.05) is 6.61 Å². The van der Waals surface area contributed by atoms with Crippen LogP contribution in [0.15, 0.2) is 30.3 Å². The van der Waals surface area contributed by atoms with Gasteiger partial charge in [-0.05, 0) is 5.56 Å². The second-order valence-electron chi connectivity index (χ2n) is 7.11. The summed E-state index contributed by atoms with van der Waals surface area (Å²) in [6, 6.07) is 9.10. The van der Waals surface area contributed by atoms with E-state index >= 15 is 0 Å². The van der Waals surface area contributed by atoms with E-state index in [4.69, 9.17) is 24.7 Å². The zero-order valence-corrected chi connectivity index (χ0v) is 13.0. The Morgan fingerprint density at radius 3 is 2.42 bits per heavy atom. The number of ether oxygens (including phenoxy) is 4. The lowest BCUT2D eigenvalue weighted by molar-refractivity contribution is -0.153. The monoisotopic (exact) mass is 333 g/mol. The van der Waals surface area contributed by atoms with E-state index in [1.807, 2.05) is 30.3 Å². The molecule has 1 aromatic carbocycles. The largest absolute Gasteiger partial charge is 0.452 e. The first-order valence-electron chi connectivity index (χ1n) is 8.18. The van der Waals surface area contributed by atoms with Crippen molar-refractivity contribution < 1.29 is 28.8 Å². The molecule has 7 atom stereocenters. The van der Waals surface area contributed by atoms with Crippen molar-refractivity contribution >= 4 is 5.97 Å². The van der Waals surface area contributed by atoms with E-state index in [-0.39, 0.29) is 18.8 Å². The van der Waals surface area contributed by atoms with Gasteiger partial charge in [0.1, 0.15) is 36.1 Å². The van der Waals surface area contributed by atoms with Gasteiger partial charge in [0.15, 0.2) is 5.60 Å². The highest BCUT2D eigenvalue weighted by Crippen LogP contribution is 2.61. The fraction of sp³-hybridized carbons (Fsp3) is 0.588. The second-order valence-corrected chi connectivity index (χ2v) is 7.11. The molecule has 2 unspecified atom stereocenters. The number of benzene rings is 1. The van der Waals surface area contributed by atoms with Crippen LogP contribution in [0.1, 0.15) is 12.0 Å². The van der Waals surface area contributed by atoms with Crippen molar-refractivity contribution in [2.45, 2.75) is 54.7 Å². The van der Waals surface area contributed by atoms with Gasteiger partial charge in [-0.3, -0.25) is 4.79 Å². The van der Waals surface area contributed by atoms with Crippen LogP contribution in [0.2, 0.25) is 0 Å². The molecule has 1 spiro atoms. The number of esters is 1. The molecule has 1 aliphatic carbocycles. The fourth-order valence-electron chi connectivity index (χ4n) is 4.20. The van der Waals surface area contributed by atoms with Gasteiger partial charge in [-0.2, -0.15) is 0 Å². The van der Waals surface area contributed by atoms with E-state index in [1.54, 1.807) is 0 Å². The van der Waals surface area contributed by atoms with Gasteiger partial charge >= 0.3 is 5.97 Å². The quantitative estimate of drug-likeness (QED) is 0.565. The van der Waals surface area contributed by atoms with Crippen molar-refractivity contribution in [3.05, 3.63) is 35.9 Å². The average Bonchev–Trinajstić information content (AvgIpc) is 3.45. The van der Waals surface area contributed by atoms with Crippen LogP contribution in [-0.4, -0.2) is 59.3 Å². The van der Waals surface area contributed by atoms with Gasteiger partial charge in [0, 0.05) is 6.42 Å². The minimum atomic E-state index is -1.21. The lowest BCUT2D eigenvalue weighted by Gasteiger charge is -2.33. The number of nitrogens with two attached hydrogens (primary N) is 1. The number of carbonyl (C=O) groups excluding carboxylic acids is 1. The van der Waals surface area contributed by atoms with Crippen LogP contribution in [0.4, 0.5) is 0 Å². The van der Waals surface area contributed by atoms with E-state index < -0.39 is 35.4 Å². The summed E-state index contributed by atoms with van der Waals surface area (Å²) in [4.78, 5) is 11.7. The van der Waals surface area contributed by atoms with Crippen LogP contribution in [-0.2, 0) is 30.3 Å². The lowest BCUT2D eigenvalue weighted by Crippen LogP contribution is -2.58. The van der Waals surface area contributed by atoms with Crippen molar-refractivity contribution in [2.24, 2.45) is 5.73 Å². The molecule has 3 saturated heterocycles. The van der Waals surface area contributed by atoms with Crippen LogP contribution in [0.5, 0.6) is 0 Å². The predicted octanol–water partition coefficient (Wildman–Crippen LogP) is -0.504. The fourth-order valence-corrected chi connectivity index (χ4v) is 4.20. The zero-order valence-electron chi connectivity index (χ0n) is 13.0. The number of hydrogen-bond donors (Lipinski definition) is 2. The standard InChI is InChI=1S/C17H19NO6/c18-10-6-17(24-15(10)19)13-11(22-13)16(20,12-14(17)23-12)8-21-7-9-4-2-1-3-5-9/h1-5,10-14,20H,6-8,18H2/t10-,11-,12+,13+,14-,16?,17?/m0/s1. The molecule has 3 aliphatic heterocycles. The van der Waals surface area contributed by atoms with E-state index in [0.29, 0.717) is 13.0 Å². The van der Waals surface area contributed by atoms with E-state index in [1.165, 1.54) is 0 Å². The first kappa shape index (κ1) is 14.8. The summed E-state index contributed by atoms with van der Waals surface area (Å²) in [7, 11) is 0. The Morgan fingerprint density at radius 2 is 1.83 bits per heavy atom. The molecule has 128 valence electrons. The number of fused-ring (bicyclic) bond motifs is 4. The summed E-state index contributed by atoms with van der Waals surface area (Å²) >= 11 is 0. The predicted molar refractivity (Wildman–Crippen MR) is 79.8 cm³/mol. The summed E-state index contributed by atoms with van der Waals surface area (Å²) in [5, 5.41) is 11.0. The Kier molecular flexibility index (Phi) is 2.94. The number of epoxide rings is 2. The lowest BCUT2D eigenvalue weighted by atomic mass is 9.75. The molecule has 0 bridgehead atoms. The normalized spacial score (nSPS) is 47.9. The van der Waals surface area contributed by atoms with E-state index in [0.717, 1.165) is 5.56 Å². The summed E-state index contributed by atoms with van der Waals surface area (Å²) in [5.41, 5.74) is 4.77. The summed E-state index contributed by atoms with van der Waals surface area (Å²) in [6.07, 6.45) is -1.27. The third-order valence-corrected chi connectivity index (χ3v) is 5.51. The maximum Gasteiger partial charge on any atom is 0.323 e. The summed E-state index contributed by atoms with van der Waals surface area (Å²) in [6.45, 7) is 0.517. The average molecular weight is 333 g/mol. The molecule has 0 amide bonds. The van der Waals surface area contributed by atoms with Gasteiger partial charge in [0.05, 0.1) is 13.2 Å². The van der Waals surface area contributed by atoms with Crippen LogP contribution in [0.3, 0.4) is 0 Å². The first-order valence-corrected chi connectivity index (χ1v) is 8.18. The van der Waals surface area contributed by atoms with Crippen molar-refractivity contribution in [3.63, 3.8) is 0 Å². The molecule has 3 N–H and O–H groups in total. The van der Waals surface area contributed by atoms with Crippen molar-refractivity contribution in [1.29, 1.82) is 0 Å². The smallest absolute Gasteiger partial charge is 0.323 e. The first-order chi connectivity index (χ1) is 11.5. The van der Waals surface area contributed by atoms with Crippen LogP contribution in [0, 0.1) is 0 Å². The Hall–Kier alpha value is -1.51. The number of hydrogen-bond acceptors (Lipinski definition) is 7. The molecule has 4 aliphatic rings. The molecule has 1 aromatic rings. The Morgan fingerprint density at radius 1 is 1.17 bits per heavy atom. The van der Waals surface area contributed by atoms with Crippen LogP contribution < -0.4 is 5.73 Å². The molecule has 4 fully saturated rings. The third-order valence-electron chi connectivity index (χ3n) is 5.51. The van der Waals surface area contributed by atoms with Gasteiger partial charge in [-0.15, -0.1) is 0 Å². The van der Waals surface area contributed by atoms with E-state index in [9.17, 15) is 9.90 Å². The second kappa shape index (κ2) is 4.77. The maximum absolute atomic E-state index is 11.7. The molecule has 0 radical (unpaired) electrons. The highest BCUT2D eigenvalue weighted by molar-refractivity contribution is 5.79. The van der Waals surface area contributed by atoms with Crippen molar-refractivity contribution in [1.82, 2.24) is 0 Å². The van der Waals surface area contributed by atoms with Gasteiger partial charge in [-0.25, -0.2) is 0 Å². The zero-order chi connectivity index (χ0) is 16.5. The molecular weight excluding hydrogens is 314 g/mol. The molecule has 7 nitrogen and oxygen atoms in total. The minimum Gasteiger partial charge on any atom is -0.452 e. The van der Waals surface area contributed by atoms with Gasteiger partial charge in [0.25, 0.3) is 0 Å².